The van der Waals surface area contributed by atoms with Crippen molar-refractivity contribution in [2.24, 2.45) is 0 Å². The molecule has 1 aliphatic rings. The predicted molar refractivity (Wildman–Crippen MR) is 101 cm³/mol. The standard InChI is InChI=1S/C20H21F2N5O/c1-13(20(28)23-17-6-5-15(21)12-16(17)22)26-10-7-14(8-11-26)19-25-24-18-4-2-3-9-27(18)19/h2-6,9,12-14H,7-8,10-11H2,1H3,(H,23,28). The summed E-state index contributed by atoms with van der Waals surface area (Å²) in [6, 6.07) is 8.51. The minimum atomic E-state index is -0.780. The van der Waals surface area contributed by atoms with Gasteiger partial charge in [-0.15, -0.1) is 10.2 Å². The van der Waals surface area contributed by atoms with E-state index in [0.717, 1.165) is 49.5 Å². The largest absolute Gasteiger partial charge is 0.322 e. The molecule has 0 bridgehead atoms. The van der Waals surface area contributed by atoms with Crippen LogP contribution < -0.4 is 5.32 Å². The molecule has 1 fully saturated rings. The summed E-state index contributed by atoms with van der Waals surface area (Å²) in [6.45, 7) is 3.25. The van der Waals surface area contributed by atoms with Crippen LogP contribution in [-0.2, 0) is 4.79 Å². The Morgan fingerprint density at radius 2 is 1.96 bits per heavy atom. The molecule has 3 aromatic rings. The molecule has 8 heteroatoms. The minimum absolute atomic E-state index is 0.0111. The molecule has 1 unspecified atom stereocenters. The lowest BCUT2D eigenvalue weighted by molar-refractivity contribution is -0.121. The number of hydrogen-bond acceptors (Lipinski definition) is 4. The highest BCUT2D eigenvalue weighted by Crippen LogP contribution is 2.28. The highest BCUT2D eigenvalue weighted by Gasteiger charge is 2.29. The average molecular weight is 385 g/mol. The highest BCUT2D eigenvalue weighted by atomic mass is 19.1. The highest BCUT2D eigenvalue weighted by molar-refractivity contribution is 5.94. The third-order valence-corrected chi connectivity index (χ3v) is 5.35. The van der Waals surface area contributed by atoms with Gasteiger partial charge in [0, 0.05) is 18.2 Å². The van der Waals surface area contributed by atoms with Crippen LogP contribution in [0.3, 0.4) is 0 Å². The molecule has 3 heterocycles. The number of likely N-dealkylation sites (tertiary alicyclic amines) is 1. The van der Waals surface area contributed by atoms with Crippen LogP contribution in [0.1, 0.15) is 31.5 Å². The predicted octanol–water partition coefficient (Wildman–Crippen LogP) is 3.21. The Morgan fingerprint density at radius 1 is 1.18 bits per heavy atom. The van der Waals surface area contributed by atoms with Crippen LogP contribution >= 0.6 is 0 Å². The first kappa shape index (κ1) is 18.5. The second-order valence-electron chi connectivity index (χ2n) is 7.09. The first-order valence-corrected chi connectivity index (χ1v) is 9.32. The SMILES string of the molecule is CC(C(=O)Nc1ccc(F)cc1F)N1CCC(c2nnc3ccccn23)CC1. The van der Waals surface area contributed by atoms with Gasteiger partial charge in [-0.3, -0.25) is 14.1 Å². The molecule has 146 valence electrons. The monoisotopic (exact) mass is 385 g/mol. The van der Waals surface area contributed by atoms with Crippen LogP contribution in [0.4, 0.5) is 14.5 Å². The molecule has 0 spiro atoms. The smallest absolute Gasteiger partial charge is 0.241 e. The summed E-state index contributed by atoms with van der Waals surface area (Å²) >= 11 is 0. The summed E-state index contributed by atoms with van der Waals surface area (Å²) in [6.07, 6.45) is 3.68. The van der Waals surface area contributed by atoms with Crippen molar-refractivity contribution < 1.29 is 13.6 Å². The molecule has 1 aliphatic heterocycles. The quantitative estimate of drug-likeness (QED) is 0.749. The van der Waals surface area contributed by atoms with Gasteiger partial charge in [0.25, 0.3) is 0 Å². The molecular formula is C20H21F2N5O. The van der Waals surface area contributed by atoms with Gasteiger partial charge in [0.15, 0.2) is 5.65 Å². The van der Waals surface area contributed by atoms with Gasteiger partial charge < -0.3 is 5.32 Å². The van der Waals surface area contributed by atoms with Crippen LogP contribution in [-0.4, -0.2) is 44.5 Å². The van der Waals surface area contributed by atoms with E-state index >= 15 is 0 Å². The van der Waals surface area contributed by atoms with Crippen molar-refractivity contribution in [2.45, 2.75) is 31.7 Å². The van der Waals surface area contributed by atoms with Crippen LogP contribution in [0.2, 0.25) is 0 Å². The maximum atomic E-state index is 13.8. The molecule has 4 rings (SSSR count). The lowest BCUT2D eigenvalue weighted by Crippen LogP contribution is -2.46. The lowest BCUT2D eigenvalue weighted by atomic mass is 9.95. The second kappa shape index (κ2) is 7.63. The number of nitrogens with one attached hydrogen (secondary N) is 1. The molecule has 28 heavy (non-hydrogen) atoms. The van der Waals surface area contributed by atoms with E-state index in [4.69, 9.17) is 0 Å². The summed E-state index contributed by atoms with van der Waals surface area (Å²) < 4.78 is 28.8. The van der Waals surface area contributed by atoms with Gasteiger partial charge >= 0.3 is 0 Å². The minimum Gasteiger partial charge on any atom is -0.322 e. The zero-order chi connectivity index (χ0) is 19.7. The number of aromatic nitrogens is 3. The fraction of sp³-hybridized carbons (Fsp3) is 0.350. The molecule has 1 amide bonds. The van der Waals surface area contributed by atoms with Crippen LogP contribution in [0.15, 0.2) is 42.6 Å². The molecule has 1 N–H and O–H groups in total. The number of carbonyl (C=O) groups excluding carboxylic acids is 1. The number of halogens is 2. The number of pyridine rings is 1. The van der Waals surface area contributed by atoms with Gasteiger partial charge in [0.2, 0.25) is 5.91 Å². The van der Waals surface area contributed by atoms with Gasteiger partial charge in [-0.25, -0.2) is 8.78 Å². The zero-order valence-corrected chi connectivity index (χ0v) is 15.5. The average Bonchev–Trinajstić information content (AvgIpc) is 3.14. The molecule has 1 atom stereocenters. The Kier molecular flexibility index (Phi) is 5.04. The van der Waals surface area contributed by atoms with E-state index in [0.29, 0.717) is 0 Å². The van der Waals surface area contributed by atoms with Crippen molar-refractivity contribution in [3.05, 3.63) is 60.1 Å². The zero-order valence-electron chi connectivity index (χ0n) is 15.5. The Bertz CT molecular complexity index is 997. The van der Waals surface area contributed by atoms with Gasteiger partial charge in [0.05, 0.1) is 11.7 Å². The van der Waals surface area contributed by atoms with E-state index in [9.17, 15) is 13.6 Å². The molecule has 0 saturated carbocycles. The number of rotatable bonds is 4. The second-order valence-corrected chi connectivity index (χ2v) is 7.09. The molecule has 0 radical (unpaired) electrons. The van der Waals surface area contributed by atoms with E-state index < -0.39 is 17.7 Å². The third-order valence-electron chi connectivity index (χ3n) is 5.35. The Balaban J connectivity index is 1.38. The number of piperidine rings is 1. The fourth-order valence-electron chi connectivity index (χ4n) is 3.68. The normalized spacial score (nSPS) is 17.0. The third kappa shape index (κ3) is 3.60. The number of fused-ring (bicyclic) bond motifs is 1. The summed E-state index contributed by atoms with van der Waals surface area (Å²) in [5.74, 6) is -0.541. The molecule has 1 saturated heterocycles. The number of nitrogens with zero attached hydrogens (tertiary/aromatic N) is 4. The number of amides is 1. The lowest BCUT2D eigenvalue weighted by Gasteiger charge is -2.34. The Hall–Kier alpha value is -2.87. The van der Waals surface area contributed by atoms with Crippen molar-refractivity contribution in [2.75, 3.05) is 18.4 Å². The van der Waals surface area contributed by atoms with Crippen molar-refractivity contribution in [3.8, 4) is 0 Å². The van der Waals surface area contributed by atoms with Crippen LogP contribution in [0.5, 0.6) is 0 Å². The van der Waals surface area contributed by atoms with Crippen molar-refractivity contribution in [1.29, 1.82) is 0 Å². The Morgan fingerprint density at radius 3 is 2.71 bits per heavy atom. The van der Waals surface area contributed by atoms with E-state index in [-0.39, 0.29) is 17.5 Å². The summed E-state index contributed by atoms with van der Waals surface area (Å²) in [4.78, 5) is 14.6. The van der Waals surface area contributed by atoms with Gasteiger partial charge in [-0.05, 0) is 57.1 Å². The summed E-state index contributed by atoms with van der Waals surface area (Å²) in [5, 5.41) is 11.1. The maximum absolute atomic E-state index is 13.8. The number of anilines is 1. The summed E-state index contributed by atoms with van der Waals surface area (Å²) in [5.41, 5.74) is 0.817. The van der Waals surface area contributed by atoms with Crippen molar-refractivity contribution in [1.82, 2.24) is 19.5 Å². The van der Waals surface area contributed by atoms with Crippen molar-refractivity contribution >= 4 is 17.2 Å². The van der Waals surface area contributed by atoms with Crippen LogP contribution in [0, 0.1) is 11.6 Å². The Labute approximate surface area is 161 Å². The fourth-order valence-corrected chi connectivity index (χ4v) is 3.68. The van der Waals surface area contributed by atoms with Crippen LogP contribution in [0.25, 0.3) is 5.65 Å². The van der Waals surface area contributed by atoms with E-state index in [1.807, 2.05) is 28.8 Å². The van der Waals surface area contributed by atoms with Crippen molar-refractivity contribution in [3.63, 3.8) is 0 Å². The molecule has 1 aromatic carbocycles. The first-order valence-electron chi connectivity index (χ1n) is 9.32. The molecule has 6 nitrogen and oxygen atoms in total. The maximum Gasteiger partial charge on any atom is 0.241 e. The summed E-state index contributed by atoms with van der Waals surface area (Å²) in [7, 11) is 0. The number of benzene rings is 1. The molecule has 0 aliphatic carbocycles. The number of carbonyl (C=O) groups is 1. The van der Waals surface area contributed by atoms with Gasteiger partial charge in [-0.1, -0.05) is 6.07 Å². The molecular weight excluding hydrogens is 364 g/mol. The molecule has 2 aromatic heterocycles. The van der Waals surface area contributed by atoms with Gasteiger partial charge in [0.1, 0.15) is 17.5 Å². The van der Waals surface area contributed by atoms with E-state index in [1.165, 1.54) is 6.07 Å². The van der Waals surface area contributed by atoms with E-state index in [2.05, 4.69) is 20.4 Å². The number of hydrogen-bond donors (Lipinski definition) is 1. The topological polar surface area (TPSA) is 62.5 Å². The van der Waals surface area contributed by atoms with E-state index in [1.54, 1.807) is 6.92 Å². The van der Waals surface area contributed by atoms with Gasteiger partial charge in [-0.2, -0.15) is 0 Å². The first-order chi connectivity index (χ1) is 13.5.